The molecule has 0 unspecified atom stereocenters. The van der Waals surface area contributed by atoms with Crippen molar-refractivity contribution in [2.24, 2.45) is 5.41 Å². The standard InChI is InChI=1S/C11H23NO3S/c1-2-3-8-16(14,15)12-9-11(10-13)6-4-5-7-11/h12-13H,2-10H2,1H3. The minimum absolute atomic E-state index is 0.0866. The van der Waals surface area contributed by atoms with Crippen molar-refractivity contribution in [3.05, 3.63) is 0 Å². The molecule has 96 valence electrons. The Morgan fingerprint density at radius 1 is 1.31 bits per heavy atom. The van der Waals surface area contributed by atoms with Crippen molar-refractivity contribution in [1.29, 1.82) is 0 Å². The van der Waals surface area contributed by atoms with Crippen LogP contribution in [0.25, 0.3) is 0 Å². The van der Waals surface area contributed by atoms with Crippen LogP contribution in [0.1, 0.15) is 45.4 Å². The van der Waals surface area contributed by atoms with Crippen molar-refractivity contribution in [3.63, 3.8) is 0 Å². The van der Waals surface area contributed by atoms with Crippen LogP contribution in [0.5, 0.6) is 0 Å². The van der Waals surface area contributed by atoms with Crippen LogP contribution in [0.2, 0.25) is 0 Å². The predicted octanol–water partition coefficient (Wildman–Crippen LogP) is 1.26. The first-order valence-corrected chi connectivity index (χ1v) is 7.77. The molecule has 1 fully saturated rings. The van der Waals surface area contributed by atoms with Gasteiger partial charge in [0, 0.05) is 18.6 Å². The van der Waals surface area contributed by atoms with Crippen LogP contribution >= 0.6 is 0 Å². The van der Waals surface area contributed by atoms with Crippen molar-refractivity contribution < 1.29 is 13.5 Å². The molecule has 1 aliphatic carbocycles. The van der Waals surface area contributed by atoms with Crippen molar-refractivity contribution in [3.8, 4) is 0 Å². The number of aliphatic hydroxyl groups is 1. The first-order chi connectivity index (χ1) is 7.54. The zero-order chi connectivity index (χ0) is 12.1. The maximum atomic E-state index is 11.6. The van der Waals surface area contributed by atoms with Crippen LogP contribution in [0.4, 0.5) is 0 Å². The third-order valence-corrected chi connectivity index (χ3v) is 4.84. The van der Waals surface area contributed by atoms with Gasteiger partial charge in [0.05, 0.1) is 5.75 Å². The highest BCUT2D eigenvalue weighted by molar-refractivity contribution is 7.89. The molecule has 2 N–H and O–H groups in total. The number of unbranched alkanes of at least 4 members (excludes halogenated alkanes) is 1. The number of nitrogens with one attached hydrogen (secondary N) is 1. The Kier molecular flexibility index (Phi) is 5.21. The van der Waals surface area contributed by atoms with E-state index in [0.29, 0.717) is 13.0 Å². The summed E-state index contributed by atoms with van der Waals surface area (Å²) >= 11 is 0. The van der Waals surface area contributed by atoms with Crippen LogP contribution in [0, 0.1) is 5.41 Å². The van der Waals surface area contributed by atoms with E-state index >= 15 is 0 Å². The smallest absolute Gasteiger partial charge is 0.211 e. The van der Waals surface area contributed by atoms with Gasteiger partial charge in [-0.1, -0.05) is 26.2 Å². The lowest BCUT2D eigenvalue weighted by molar-refractivity contribution is 0.134. The zero-order valence-electron chi connectivity index (χ0n) is 10.0. The molecule has 0 heterocycles. The van der Waals surface area contributed by atoms with Gasteiger partial charge in [-0.15, -0.1) is 0 Å². The number of hydrogen-bond donors (Lipinski definition) is 2. The summed E-state index contributed by atoms with van der Waals surface area (Å²) < 4.78 is 25.9. The molecular formula is C11H23NO3S. The summed E-state index contributed by atoms with van der Waals surface area (Å²) in [4.78, 5) is 0. The fraction of sp³-hybridized carbons (Fsp3) is 1.00. The summed E-state index contributed by atoms with van der Waals surface area (Å²) in [6.45, 7) is 2.46. The summed E-state index contributed by atoms with van der Waals surface area (Å²) in [5, 5.41) is 9.35. The van der Waals surface area contributed by atoms with Gasteiger partial charge in [-0.05, 0) is 19.3 Å². The Balaban J connectivity index is 2.43. The van der Waals surface area contributed by atoms with E-state index in [0.717, 1.165) is 32.1 Å². The first-order valence-electron chi connectivity index (χ1n) is 6.12. The van der Waals surface area contributed by atoms with Crippen molar-refractivity contribution in [2.75, 3.05) is 18.9 Å². The molecule has 0 amide bonds. The van der Waals surface area contributed by atoms with Crippen LogP contribution in [-0.4, -0.2) is 32.4 Å². The molecule has 0 aromatic rings. The van der Waals surface area contributed by atoms with E-state index in [1.807, 2.05) is 6.92 Å². The normalized spacial score (nSPS) is 20.1. The summed E-state index contributed by atoms with van der Waals surface area (Å²) in [6, 6.07) is 0. The molecule has 0 atom stereocenters. The highest BCUT2D eigenvalue weighted by Crippen LogP contribution is 2.36. The maximum absolute atomic E-state index is 11.6. The third-order valence-electron chi connectivity index (χ3n) is 3.43. The van der Waals surface area contributed by atoms with Gasteiger partial charge in [0.1, 0.15) is 0 Å². The minimum Gasteiger partial charge on any atom is -0.396 e. The summed E-state index contributed by atoms with van der Waals surface area (Å²) in [6.07, 6.45) is 5.63. The summed E-state index contributed by atoms with van der Waals surface area (Å²) in [7, 11) is -3.14. The lowest BCUT2D eigenvalue weighted by Gasteiger charge is -2.26. The van der Waals surface area contributed by atoms with Crippen molar-refractivity contribution in [1.82, 2.24) is 4.72 Å². The Morgan fingerprint density at radius 3 is 2.44 bits per heavy atom. The Labute approximate surface area is 98.5 Å². The van der Waals surface area contributed by atoms with E-state index in [1.165, 1.54) is 0 Å². The van der Waals surface area contributed by atoms with Gasteiger partial charge in [-0.25, -0.2) is 13.1 Å². The van der Waals surface area contributed by atoms with E-state index in [2.05, 4.69) is 4.72 Å². The molecule has 0 radical (unpaired) electrons. The number of aliphatic hydroxyl groups excluding tert-OH is 1. The highest BCUT2D eigenvalue weighted by atomic mass is 32.2. The molecule has 1 aliphatic rings. The van der Waals surface area contributed by atoms with Gasteiger partial charge in [-0.2, -0.15) is 0 Å². The van der Waals surface area contributed by atoms with Crippen LogP contribution in [0.15, 0.2) is 0 Å². The second kappa shape index (κ2) is 5.98. The topological polar surface area (TPSA) is 66.4 Å². The number of hydrogen-bond acceptors (Lipinski definition) is 3. The molecule has 0 spiro atoms. The minimum atomic E-state index is -3.14. The molecule has 16 heavy (non-hydrogen) atoms. The largest absolute Gasteiger partial charge is 0.396 e. The van der Waals surface area contributed by atoms with E-state index in [9.17, 15) is 13.5 Å². The molecule has 0 aromatic carbocycles. The molecule has 4 nitrogen and oxygen atoms in total. The van der Waals surface area contributed by atoms with Gasteiger partial charge >= 0.3 is 0 Å². The summed E-state index contributed by atoms with van der Waals surface area (Å²) in [5.74, 6) is 0.199. The van der Waals surface area contributed by atoms with Gasteiger partial charge in [-0.3, -0.25) is 0 Å². The number of rotatable bonds is 7. The van der Waals surface area contributed by atoms with Crippen molar-refractivity contribution in [2.45, 2.75) is 45.4 Å². The SMILES string of the molecule is CCCCS(=O)(=O)NCC1(CO)CCCC1. The van der Waals surface area contributed by atoms with E-state index < -0.39 is 10.0 Å². The second-order valence-corrected chi connectivity index (χ2v) is 6.79. The zero-order valence-corrected chi connectivity index (χ0v) is 10.9. The molecule has 1 saturated carbocycles. The molecule has 0 saturated heterocycles. The molecule has 5 heteroatoms. The lowest BCUT2D eigenvalue weighted by Crippen LogP contribution is -2.39. The van der Waals surface area contributed by atoms with Crippen LogP contribution < -0.4 is 4.72 Å². The quantitative estimate of drug-likeness (QED) is 0.714. The fourth-order valence-corrected chi connectivity index (χ4v) is 3.52. The molecule has 0 bridgehead atoms. The van der Waals surface area contributed by atoms with Gasteiger partial charge in [0.25, 0.3) is 0 Å². The Morgan fingerprint density at radius 2 is 1.94 bits per heavy atom. The second-order valence-electron chi connectivity index (χ2n) is 4.86. The van der Waals surface area contributed by atoms with E-state index in [-0.39, 0.29) is 17.8 Å². The highest BCUT2D eigenvalue weighted by Gasteiger charge is 2.34. The van der Waals surface area contributed by atoms with Crippen LogP contribution in [-0.2, 0) is 10.0 Å². The van der Waals surface area contributed by atoms with Gasteiger partial charge in [0.2, 0.25) is 10.0 Å². The molecule has 0 aliphatic heterocycles. The predicted molar refractivity (Wildman–Crippen MR) is 64.7 cm³/mol. The lowest BCUT2D eigenvalue weighted by atomic mass is 9.88. The first kappa shape index (κ1) is 13.9. The van der Waals surface area contributed by atoms with Crippen molar-refractivity contribution >= 4 is 10.0 Å². The van der Waals surface area contributed by atoms with E-state index in [1.54, 1.807) is 0 Å². The fourth-order valence-electron chi connectivity index (χ4n) is 2.19. The Bertz CT molecular complexity index is 294. The van der Waals surface area contributed by atoms with Gasteiger partial charge in [0.15, 0.2) is 0 Å². The molecular weight excluding hydrogens is 226 g/mol. The third kappa shape index (κ3) is 4.03. The summed E-state index contributed by atoms with van der Waals surface area (Å²) in [5.41, 5.74) is -0.195. The average molecular weight is 249 g/mol. The average Bonchev–Trinajstić information content (AvgIpc) is 2.74. The Hall–Kier alpha value is -0.130. The number of sulfonamides is 1. The molecule has 1 rings (SSSR count). The van der Waals surface area contributed by atoms with Gasteiger partial charge < -0.3 is 5.11 Å². The van der Waals surface area contributed by atoms with Crippen LogP contribution in [0.3, 0.4) is 0 Å². The molecule has 0 aromatic heterocycles. The van der Waals surface area contributed by atoms with E-state index in [4.69, 9.17) is 0 Å². The monoisotopic (exact) mass is 249 g/mol. The maximum Gasteiger partial charge on any atom is 0.211 e.